The smallest absolute Gasteiger partial charge is 0.143 e. The van der Waals surface area contributed by atoms with E-state index in [-0.39, 0.29) is 5.41 Å². The Balaban J connectivity index is 1.01. The Kier molecular flexibility index (Phi) is 7.92. The number of rotatable bonds is 6. The van der Waals surface area contributed by atoms with Crippen molar-refractivity contribution in [3.05, 3.63) is 223 Å². The van der Waals surface area contributed by atoms with Gasteiger partial charge in [0.25, 0.3) is 0 Å². The van der Waals surface area contributed by atoms with Gasteiger partial charge in [0, 0.05) is 38.8 Å². The Morgan fingerprint density at radius 2 is 0.951 bits per heavy atom. The quantitative estimate of drug-likeness (QED) is 0.156. The van der Waals surface area contributed by atoms with Crippen molar-refractivity contribution in [2.75, 3.05) is 4.90 Å². The van der Waals surface area contributed by atoms with Crippen molar-refractivity contribution in [2.24, 2.45) is 0 Å². The molecule has 2 nitrogen and oxygen atoms in total. The van der Waals surface area contributed by atoms with Gasteiger partial charge >= 0.3 is 0 Å². The first-order valence-electron chi connectivity index (χ1n) is 21.2. The lowest BCUT2D eigenvalue weighted by atomic mass is 9.79. The summed E-state index contributed by atoms with van der Waals surface area (Å²) >= 11 is 0. The molecule has 0 aliphatic heterocycles. The monoisotopic (exact) mass is 779 g/mol. The average molecular weight is 780 g/mol. The molecule has 0 N–H and O–H groups in total. The summed E-state index contributed by atoms with van der Waals surface area (Å²) < 4.78 is 6.54. The van der Waals surface area contributed by atoms with Crippen molar-refractivity contribution >= 4 is 60.5 Å². The molecule has 11 aromatic rings. The third-order valence-electron chi connectivity index (χ3n) is 13.0. The number of hydrogen-bond acceptors (Lipinski definition) is 2. The summed E-state index contributed by atoms with van der Waals surface area (Å²) in [5, 5.41) is 7.32. The minimum absolute atomic E-state index is 0.131. The Hall–Kier alpha value is -7.68. The molecule has 1 aliphatic rings. The SMILES string of the molecule is CC1(C)c2ccccc2-c2cccc(-c3cccc(N(c4ccc(-c5cccc6c5ccc5ccccc56)cc4)c4cccc(-c5cccc6c5oc5ccccc56)c4)c3)c21. The molecule has 61 heavy (non-hydrogen) atoms. The highest BCUT2D eigenvalue weighted by Gasteiger charge is 2.37. The van der Waals surface area contributed by atoms with Crippen LogP contribution in [0.3, 0.4) is 0 Å². The van der Waals surface area contributed by atoms with Crippen LogP contribution in [0.4, 0.5) is 17.1 Å². The summed E-state index contributed by atoms with van der Waals surface area (Å²) in [5.41, 5.74) is 17.4. The lowest BCUT2D eigenvalue weighted by Gasteiger charge is -2.28. The van der Waals surface area contributed by atoms with Gasteiger partial charge < -0.3 is 9.32 Å². The molecule has 0 amide bonds. The molecule has 0 bridgehead atoms. The normalized spacial score (nSPS) is 12.9. The maximum Gasteiger partial charge on any atom is 0.143 e. The summed E-state index contributed by atoms with van der Waals surface area (Å²) in [7, 11) is 0. The van der Waals surface area contributed by atoms with E-state index >= 15 is 0 Å². The highest BCUT2D eigenvalue weighted by molar-refractivity contribution is 6.12. The number of nitrogens with zero attached hydrogens (tertiary/aromatic N) is 1. The summed E-state index contributed by atoms with van der Waals surface area (Å²) in [6.45, 7) is 4.73. The van der Waals surface area contributed by atoms with Crippen LogP contribution in [-0.2, 0) is 5.41 Å². The van der Waals surface area contributed by atoms with Gasteiger partial charge in [-0.2, -0.15) is 0 Å². The molecule has 0 fully saturated rings. The van der Waals surface area contributed by atoms with Crippen molar-refractivity contribution in [1.29, 1.82) is 0 Å². The zero-order valence-electron chi connectivity index (χ0n) is 34.1. The van der Waals surface area contributed by atoms with Gasteiger partial charge in [-0.25, -0.2) is 0 Å². The highest BCUT2D eigenvalue weighted by atomic mass is 16.3. The molecule has 0 saturated carbocycles. The predicted octanol–water partition coefficient (Wildman–Crippen LogP) is 16.7. The predicted molar refractivity (Wildman–Crippen MR) is 257 cm³/mol. The van der Waals surface area contributed by atoms with Crippen LogP contribution in [0.15, 0.2) is 217 Å². The Morgan fingerprint density at radius 3 is 1.77 bits per heavy atom. The second-order valence-electron chi connectivity index (χ2n) is 16.8. The minimum atomic E-state index is -0.131. The first-order valence-corrected chi connectivity index (χ1v) is 21.2. The zero-order chi connectivity index (χ0) is 40.7. The third kappa shape index (κ3) is 5.56. The number of benzene rings is 10. The van der Waals surface area contributed by atoms with Gasteiger partial charge in [0.05, 0.1) is 0 Å². The van der Waals surface area contributed by atoms with Gasteiger partial charge in [0.2, 0.25) is 0 Å². The molecule has 0 atom stereocenters. The topological polar surface area (TPSA) is 16.4 Å². The van der Waals surface area contributed by atoms with Crippen molar-refractivity contribution in [3.8, 4) is 44.5 Å². The van der Waals surface area contributed by atoms with Gasteiger partial charge in [-0.15, -0.1) is 0 Å². The van der Waals surface area contributed by atoms with Crippen LogP contribution in [0.1, 0.15) is 25.0 Å². The number of anilines is 3. The summed E-state index contributed by atoms with van der Waals surface area (Å²) in [6.07, 6.45) is 0. The van der Waals surface area contributed by atoms with Gasteiger partial charge in [-0.3, -0.25) is 0 Å². The van der Waals surface area contributed by atoms with Crippen LogP contribution in [0.5, 0.6) is 0 Å². The van der Waals surface area contributed by atoms with Crippen LogP contribution < -0.4 is 4.90 Å². The van der Waals surface area contributed by atoms with E-state index in [9.17, 15) is 0 Å². The molecular weight excluding hydrogens is 739 g/mol. The molecule has 12 rings (SSSR count). The molecule has 0 radical (unpaired) electrons. The van der Waals surface area contributed by atoms with Crippen LogP contribution >= 0.6 is 0 Å². The molecule has 1 aromatic heterocycles. The number of furan rings is 1. The fraction of sp³-hybridized carbons (Fsp3) is 0.0508. The molecule has 0 spiro atoms. The van der Waals surface area contributed by atoms with Gasteiger partial charge in [-0.05, 0) is 114 Å². The molecule has 0 saturated heterocycles. The third-order valence-corrected chi connectivity index (χ3v) is 13.0. The summed E-state index contributed by atoms with van der Waals surface area (Å²) in [5.74, 6) is 0. The Labute approximate surface area is 355 Å². The van der Waals surface area contributed by atoms with E-state index in [0.29, 0.717) is 0 Å². The molecular formula is C59H41NO. The average Bonchev–Trinajstić information content (AvgIpc) is 3.81. The van der Waals surface area contributed by atoms with E-state index in [1.54, 1.807) is 0 Å². The molecule has 2 heteroatoms. The fourth-order valence-corrected chi connectivity index (χ4v) is 10.2. The largest absolute Gasteiger partial charge is 0.455 e. The van der Waals surface area contributed by atoms with E-state index in [2.05, 4.69) is 225 Å². The van der Waals surface area contributed by atoms with E-state index in [0.717, 1.165) is 50.1 Å². The summed E-state index contributed by atoms with van der Waals surface area (Å²) in [4.78, 5) is 2.40. The standard InChI is InChI=1S/C59H41NO/c1-59(2)55-28-7-5-20-51(55)53-26-12-23-47(57(53)59)40-15-9-17-43(36-40)60(44-18-10-16-41(37-44)48-24-13-27-54-52-21-6-8-29-56(52)61-58(48)54)42-33-30-39(31-34-42)46-22-11-25-49-45-19-4-3-14-38(45)32-35-50(46)49/h3-37H,1-2H3. The molecule has 288 valence electrons. The van der Waals surface area contributed by atoms with E-state index in [4.69, 9.17) is 4.42 Å². The van der Waals surface area contributed by atoms with Crippen molar-refractivity contribution < 1.29 is 4.42 Å². The van der Waals surface area contributed by atoms with Crippen LogP contribution in [0, 0.1) is 0 Å². The van der Waals surface area contributed by atoms with Gasteiger partial charge in [-0.1, -0.05) is 184 Å². The second kappa shape index (κ2) is 13.7. The van der Waals surface area contributed by atoms with E-state index < -0.39 is 0 Å². The minimum Gasteiger partial charge on any atom is -0.455 e. The Bertz CT molecular complexity index is 3520. The Morgan fingerprint density at radius 1 is 0.361 bits per heavy atom. The number of para-hydroxylation sites is 2. The second-order valence-corrected chi connectivity index (χ2v) is 16.8. The molecule has 1 heterocycles. The lowest BCUT2D eigenvalue weighted by molar-refractivity contribution is 0.662. The van der Waals surface area contributed by atoms with Gasteiger partial charge in [0.15, 0.2) is 0 Å². The highest BCUT2D eigenvalue weighted by Crippen LogP contribution is 2.52. The van der Waals surface area contributed by atoms with Gasteiger partial charge in [0.1, 0.15) is 11.2 Å². The molecule has 1 aliphatic carbocycles. The van der Waals surface area contributed by atoms with Crippen LogP contribution in [0.25, 0.3) is 88.0 Å². The maximum atomic E-state index is 6.54. The number of hydrogen-bond donors (Lipinski definition) is 0. The molecule has 10 aromatic carbocycles. The first-order chi connectivity index (χ1) is 30.0. The van der Waals surface area contributed by atoms with Crippen molar-refractivity contribution in [3.63, 3.8) is 0 Å². The first kappa shape index (κ1) is 35.3. The van der Waals surface area contributed by atoms with E-state index in [1.165, 1.54) is 66.1 Å². The fourth-order valence-electron chi connectivity index (χ4n) is 10.2. The zero-order valence-corrected chi connectivity index (χ0v) is 34.1. The number of fused-ring (bicyclic) bond motifs is 9. The maximum absolute atomic E-state index is 6.54. The lowest BCUT2D eigenvalue weighted by Crippen LogP contribution is -2.16. The summed E-state index contributed by atoms with van der Waals surface area (Å²) in [6, 6.07) is 77.4. The van der Waals surface area contributed by atoms with Crippen LogP contribution in [0.2, 0.25) is 0 Å². The van der Waals surface area contributed by atoms with Crippen LogP contribution in [-0.4, -0.2) is 0 Å². The van der Waals surface area contributed by atoms with Crippen molar-refractivity contribution in [1.82, 2.24) is 0 Å². The van der Waals surface area contributed by atoms with Crippen molar-refractivity contribution in [2.45, 2.75) is 19.3 Å². The molecule has 0 unspecified atom stereocenters. The van der Waals surface area contributed by atoms with E-state index in [1.807, 2.05) is 6.07 Å².